The summed E-state index contributed by atoms with van der Waals surface area (Å²) in [6.07, 6.45) is 2.19. The van der Waals surface area contributed by atoms with Gasteiger partial charge >= 0.3 is 4.87 Å². The SMILES string of the molecule is O=c1[nH]c2c(Cl)ccc(OCC3C=CN(c4c(F)cc(Cl)cc4F)C[C@H]3O)c2s1. The minimum Gasteiger partial charge on any atom is -0.491 e. The van der Waals surface area contributed by atoms with Crippen LogP contribution in [0.2, 0.25) is 10.0 Å². The first-order valence-electron chi connectivity index (χ1n) is 8.55. The minimum absolute atomic E-state index is 0.0203. The number of hydrogen-bond donors (Lipinski definition) is 2. The van der Waals surface area contributed by atoms with Crippen LogP contribution in [-0.4, -0.2) is 29.3 Å². The number of fused-ring (bicyclic) bond motifs is 1. The maximum absolute atomic E-state index is 14.1. The zero-order chi connectivity index (χ0) is 20.7. The van der Waals surface area contributed by atoms with Gasteiger partial charge in [-0.1, -0.05) is 40.6 Å². The Morgan fingerprint density at radius 2 is 2.00 bits per heavy atom. The van der Waals surface area contributed by atoms with Gasteiger partial charge in [-0.2, -0.15) is 0 Å². The van der Waals surface area contributed by atoms with E-state index in [0.29, 0.717) is 21.0 Å². The molecule has 1 aliphatic rings. The summed E-state index contributed by atoms with van der Waals surface area (Å²) in [7, 11) is 0. The average molecular weight is 459 g/mol. The summed E-state index contributed by atoms with van der Waals surface area (Å²) in [5, 5.41) is 10.8. The second-order valence-electron chi connectivity index (χ2n) is 6.52. The highest BCUT2D eigenvalue weighted by atomic mass is 35.5. The van der Waals surface area contributed by atoms with Crippen molar-refractivity contribution in [3.8, 4) is 5.75 Å². The van der Waals surface area contributed by atoms with E-state index in [1.807, 2.05) is 0 Å². The fourth-order valence-electron chi connectivity index (χ4n) is 3.16. The molecule has 1 unspecified atom stereocenters. The third kappa shape index (κ3) is 3.98. The number of aliphatic hydroxyl groups is 1. The highest BCUT2D eigenvalue weighted by Gasteiger charge is 2.28. The lowest BCUT2D eigenvalue weighted by molar-refractivity contribution is 0.101. The highest BCUT2D eigenvalue weighted by Crippen LogP contribution is 2.33. The Labute approximate surface area is 177 Å². The van der Waals surface area contributed by atoms with E-state index in [1.54, 1.807) is 18.2 Å². The Morgan fingerprint density at radius 3 is 2.69 bits per heavy atom. The summed E-state index contributed by atoms with van der Waals surface area (Å²) in [5.41, 5.74) is 0.222. The van der Waals surface area contributed by atoms with Crippen molar-refractivity contribution in [2.75, 3.05) is 18.1 Å². The molecular weight excluding hydrogens is 445 g/mol. The number of aliphatic hydroxyl groups excluding tert-OH is 1. The van der Waals surface area contributed by atoms with Crippen LogP contribution in [0.5, 0.6) is 5.75 Å². The third-order valence-corrected chi connectivity index (χ3v) is 6.01. The molecule has 0 radical (unpaired) electrons. The molecule has 29 heavy (non-hydrogen) atoms. The minimum atomic E-state index is -0.928. The van der Waals surface area contributed by atoms with Gasteiger partial charge in [0.05, 0.1) is 28.0 Å². The number of aromatic amines is 1. The van der Waals surface area contributed by atoms with Crippen molar-refractivity contribution in [1.82, 2.24) is 4.98 Å². The topological polar surface area (TPSA) is 65.6 Å². The fourth-order valence-corrected chi connectivity index (χ4v) is 4.44. The summed E-state index contributed by atoms with van der Waals surface area (Å²) in [6, 6.07) is 5.30. The molecule has 0 amide bonds. The molecule has 5 nitrogen and oxygen atoms in total. The van der Waals surface area contributed by atoms with Crippen LogP contribution in [-0.2, 0) is 0 Å². The monoisotopic (exact) mass is 458 g/mol. The van der Waals surface area contributed by atoms with Crippen molar-refractivity contribution in [2.24, 2.45) is 5.92 Å². The Hall–Kier alpha value is -2.13. The van der Waals surface area contributed by atoms with Crippen LogP contribution in [0.4, 0.5) is 14.5 Å². The number of benzene rings is 2. The smallest absolute Gasteiger partial charge is 0.305 e. The molecule has 1 aliphatic heterocycles. The van der Waals surface area contributed by atoms with E-state index < -0.39 is 23.7 Å². The molecule has 0 spiro atoms. The number of aromatic nitrogens is 1. The standard InChI is InChI=1S/C19H14Cl2F2N2O3S/c20-10-5-12(22)17(13(23)6-10)25-4-3-9(14(26)7-25)8-28-15-2-1-11(21)16-18(15)29-19(27)24-16/h1-6,9,14,26H,7-8H2,(H,24,27)/t9?,14-/m1/s1. The van der Waals surface area contributed by atoms with Gasteiger partial charge in [0.1, 0.15) is 11.4 Å². The molecule has 2 N–H and O–H groups in total. The number of ether oxygens (including phenoxy) is 1. The number of nitrogens with one attached hydrogen (secondary N) is 1. The second-order valence-corrected chi connectivity index (χ2v) is 8.35. The number of halogens is 4. The van der Waals surface area contributed by atoms with E-state index in [2.05, 4.69) is 4.98 Å². The van der Waals surface area contributed by atoms with Crippen molar-refractivity contribution >= 4 is 50.4 Å². The van der Waals surface area contributed by atoms with Crippen molar-refractivity contribution in [2.45, 2.75) is 6.10 Å². The van der Waals surface area contributed by atoms with Gasteiger partial charge in [-0.25, -0.2) is 8.78 Å². The average Bonchev–Trinajstić information content (AvgIpc) is 3.04. The van der Waals surface area contributed by atoms with Crippen molar-refractivity contribution in [1.29, 1.82) is 0 Å². The first-order valence-corrected chi connectivity index (χ1v) is 10.1. The molecular formula is C19H14Cl2F2N2O3S. The maximum Gasteiger partial charge on any atom is 0.305 e. The number of anilines is 1. The highest BCUT2D eigenvalue weighted by molar-refractivity contribution is 7.16. The summed E-state index contributed by atoms with van der Waals surface area (Å²) >= 11 is 12.7. The molecule has 2 aromatic carbocycles. The van der Waals surface area contributed by atoms with Crippen molar-refractivity contribution in [3.05, 3.63) is 67.9 Å². The molecule has 0 saturated carbocycles. The quantitative estimate of drug-likeness (QED) is 0.601. The van der Waals surface area contributed by atoms with Gasteiger partial charge in [0.25, 0.3) is 0 Å². The van der Waals surface area contributed by atoms with Crippen LogP contribution in [0.25, 0.3) is 10.2 Å². The van der Waals surface area contributed by atoms with E-state index in [9.17, 15) is 18.7 Å². The molecule has 152 valence electrons. The number of β-amino-alcohol motifs (C(OH)–C–C–N with tert-alkyl or cyclic N) is 1. The van der Waals surface area contributed by atoms with Crippen LogP contribution in [0.15, 0.2) is 41.3 Å². The van der Waals surface area contributed by atoms with Crippen molar-refractivity contribution < 1.29 is 18.6 Å². The second kappa shape index (κ2) is 7.95. The molecule has 10 heteroatoms. The van der Waals surface area contributed by atoms with Crippen LogP contribution in [0, 0.1) is 17.6 Å². The van der Waals surface area contributed by atoms with Crippen LogP contribution < -0.4 is 14.5 Å². The fraction of sp³-hybridized carbons (Fsp3) is 0.211. The summed E-state index contributed by atoms with van der Waals surface area (Å²) in [6.45, 7) is 0.0907. The lowest BCUT2D eigenvalue weighted by Gasteiger charge is -2.32. The number of H-pyrrole nitrogens is 1. The Bertz CT molecular complexity index is 1140. The van der Waals surface area contributed by atoms with Gasteiger partial charge in [-0.3, -0.25) is 4.79 Å². The molecule has 1 aromatic heterocycles. The predicted octanol–water partition coefficient (Wildman–Crippen LogP) is 4.56. The van der Waals surface area contributed by atoms with Gasteiger partial charge in [0.15, 0.2) is 11.6 Å². The number of thiazole rings is 1. The lowest BCUT2D eigenvalue weighted by atomic mass is 9.99. The van der Waals surface area contributed by atoms with E-state index >= 15 is 0 Å². The van der Waals surface area contributed by atoms with Crippen LogP contribution >= 0.6 is 34.5 Å². The molecule has 4 rings (SSSR count). The molecule has 3 aromatic rings. The Balaban J connectivity index is 1.52. The van der Waals surface area contributed by atoms with E-state index in [1.165, 1.54) is 11.1 Å². The van der Waals surface area contributed by atoms with Gasteiger partial charge in [0, 0.05) is 23.7 Å². The molecule has 2 heterocycles. The number of nitrogens with zero attached hydrogens (tertiary/aromatic N) is 1. The van der Waals surface area contributed by atoms with E-state index in [0.717, 1.165) is 23.5 Å². The molecule has 2 atom stereocenters. The number of hydrogen-bond acceptors (Lipinski definition) is 5. The van der Waals surface area contributed by atoms with Gasteiger partial charge in [0.2, 0.25) is 0 Å². The molecule has 0 saturated heterocycles. The lowest BCUT2D eigenvalue weighted by Crippen LogP contribution is -2.40. The Kier molecular flexibility index (Phi) is 5.52. The largest absolute Gasteiger partial charge is 0.491 e. The first kappa shape index (κ1) is 20.2. The molecule has 0 bridgehead atoms. The number of rotatable bonds is 4. The van der Waals surface area contributed by atoms with Gasteiger partial charge in [-0.15, -0.1) is 0 Å². The Morgan fingerprint density at radius 1 is 1.28 bits per heavy atom. The van der Waals surface area contributed by atoms with Crippen LogP contribution in [0.1, 0.15) is 0 Å². The van der Waals surface area contributed by atoms with E-state index in [-0.39, 0.29) is 28.7 Å². The predicted molar refractivity (Wildman–Crippen MR) is 110 cm³/mol. The third-order valence-electron chi connectivity index (χ3n) is 4.58. The molecule has 0 fully saturated rings. The van der Waals surface area contributed by atoms with E-state index in [4.69, 9.17) is 27.9 Å². The zero-order valence-electron chi connectivity index (χ0n) is 14.7. The normalized spacial score (nSPS) is 19.1. The van der Waals surface area contributed by atoms with Crippen molar-refractivity contribution in [3.63, 3.8) is 0 Å². The maximum atomic E-state index is 14.1. The van der Waals surface area contributed by atoms with Gasteiger partial charge in [-0.05, 0) is 24.3 Å². The van der Waals surface area contributed by atoms with Gasteiger partial charge < -0.3 is 19.7 Å². The molecule has 0 aliphatic carbocycles. The zero-order valence-corrected chi connectivity index (χ0v) is 17.0. The summed E-state index contributed by atoms with van der Waals surface area (Å²) < 4.78 is 34.6. The summed E-state index contributed by atoms with van der Waals surface area (Å²) in [5.74, 6) is -1.57. The van der Waals surface area contributed by atoms with Crippen LogP contribution in [0.3, 0.4) is 0 Å². The summed E-state index contributed by atoms with van der Waals surface area (Å²) in [4.78, 5) is 15.3. The first-order chi connectivity index (χ1) is 13.8.